The van der Waals surface area contributed by atoms with Crippen LogP contribution in [0.25, 0.3) is 11.1 Å². The maximum Gasteiger partial charge on any atom is 0.410 e. The minimum atomic E-state index is -1.01. The lowest BCUT2D eigenvalue weighted by atomic mass is 9.98. The van der Waals surface area contributed by atoms with E-state index in [1.165, 1.54) is 7.05 Å². The largest absolute Gasteiger partial charge is 0.481 e. The third kappa shape index (κ3) is 3.84. The van der Waals surface area contributed by atoms with Crippen molar-refractivity contribution >= 4 is 18.3 Å². The molecular weight excluding hydrogens is 346 g/mol. The average Bonchev–Trinajstić information content (AvgIpc) is 3.00. The Bertz CT molecular complexity index is 818. The molecule has 140 valence electrons. The fourth-order valence-electron chi connectivity index (χ4n) is 3.46. The lowest BCUT2D eigenvalue weighted by molar-refractivity contribution is -0.137. The summed E-state index contributed by atoms with van der Waals surface area (Å²) in [7, 11) is 1.44. The van der Waals surface area contributed by atoms with Crippen molar-refractivity contribution in [2.24, 2.45) is 0 Å². The molecule has 0 heterocycles. The third-order valence-corrected chi connectivity index (χ3v) is 4.93. The molecule has 0 saturated carbocycles. The van der Waals surface area contributed by atoms with Crippen molar-refractivity contribution in [3.63, 3.8) is 0 Å². The van der Waals surface area contributed by atoms with Crippen LogP contribution in [0.15, 0.2) is 48.5 Å². The molecule has 1 N–H and O–H groups in total. The van der Waals surface area contributed by atoms with Gasteiger partial charge < -0.3 is 19.5 Å². The molecule has 0 saturated heterocycles. The van der Waals surface area contributed by atoms with E-state index in [1.807, 2.05) is 36.4 Å². The molecule has 6 heteroatoms. The number of ether oxygens (including phenoxy) is 1. The van der Waals surface area contributed by atoms with E-state index in [-0.39, 0.29) is 25.4 Å². The number of carbonyl (C=O) groups is 3. The van der Waals surface area contributed by atoms with Gasteiger partial charge >= 0.3 is 12.1 Å². The number of fused-ring (bicyclic) bond motifs is 3. The second-order valence-electron chi connectivity index (χ2n) is 6.55. The Labute approximate surface area is 157 Å². The number of carboxylic acids is 1. The molecule has 3 rings (SSSR count). The summed E-state index contributed by atoms with van der Waals surface area (Å²) >= 11 is 0. The van der Waals surface area contributed by atoms with Gasteiger partial charge in [0.25, 0.3) is 0 Å². The molecule has 1 unspecified atom stereocenters. The van der Waals surface area contributed by atoms with E-state index in [4.69, 9.17) is 9.84 Å². The molecule has 0 radical (unpaired) electrons. The zero-order chi connectivity index (χ0) is 19.4. The van der Waals surface area contributed by atoms with Gasteiger partial charge in [-0.2, -0.15) is 0 Å². The van der Waals surface area contributed by atoms with Crippen molar-refractivity contribution in [2.75, 3.05) is 13.7 Å². The standard InChI is InChI=1S/C21H21NO5/c1-22(14(12-23)10-11-20(24)25)21(26)27-13-19-17-8-4-2-6-15(17)16-7-3-5-9-18(16)19/h2-9,12,14,19H,10-11,13H2,1H3,(H,24,25). The second kappa shape index (κ2) is 8.03. The molecule has 2 aromatic carbocycles. The van der Waals surface area contributed by atoms with Gasteiger partial charge in [0, 0.05) is 19.4 Å². The number of nitrogens with zero attached hydrogens (tertiary/aromatic N) is 1. The topological polar surface area (TPSA) is 83.9 Å². The summed E-state index contributed by atoms with van der Waals surface area (Å²) in [5, 5.41) is 8.76. The molecule has 27 heavy (non-hydrogen) atoms. The van der Waals surface area contributed by atoms with E-state index in [0.29, 0.717) is 6.29 Å². The van der Waals surface area contributed by atoms with Gasteiger partial charge in [0.1, 0.15) is 12.9 Å². The first kappa shape index (κ1) is 18.6. The van der Waals surface area contributed by atoms with Crippen LogP contribution in [0.3, 0.4) is 0 Å². The highest BCUT2D eigenvalue weighted by atomic mass is 16.6. The fourth-order valence-corrected chi connectivity index (χ4v) is 3.46. The average molecular weight is 367 g/mol. The van der Waals surface area contributed by atoms with E-state index < -0.39 is 18.1 Å². The zero-order valence-corrected chi connectivity index (χ0v) is 15.0. The Morgan fingerprint density at radius 3 is 2.19 bits per heavy atom. The molecule has 1 aliphatic rings. The summed E-state index contributed by atoms with van der Waals surface area (Å²) < 4.78 is 5.47. The highest BCUT2D eigenvalue weighted by molar-refractivity contribution is 5.79. The number of aliphatic carboxylic acids is 1. The van der Waals surface area contributed by atoms with Crippen LogP contribution in [0.5, 0.6) is 0 Å². The van der Waals surface area contributed by atoms with Crippen molar-refractivity contribution in [3.05, 3.63) is 59.7 Å². The monoisotopic (exact) mass is 367 g/mol. The van der Waals surface area contributed by atoms with Crippen molar-refractivity contribution in [1.29, 1.82) is 0 Å². The first-order valence-corrected chi connectivity index (χ1v) is 8.77. The van der Waals surface area contributed by atoms with Crippen LogP contribution in [0, 0.1) is 0 Å². The summed E-state index contributed by atoms with van der Waals surface area (Å²) in [6.07, 6.45) is -0.201. The van der Waals surface area contributed by atoms with E-state index in [9.17, 15) is 14.4 Å². The lowest BCUT2D eigenvalue weighted by Crippen LogP contribution is -2.39. The SMILES string of the molecule is CN(C(=O)OCC1c2ccccc2-c2ccccc21)C(C=O)CCC(=O)O. The number of hydrogen-bond acceptors (Lipinski definition) is 4. The predicted octanol–water partition coefficient (Wildman–Crippen LogP) is 3.30. The number of benzene rings is 2. The van der Waals surface area contributed by atoms with Crippen molar-refractivity contribution in [3.8, 4) is 11.1 Å². The van der Waals surface area contributed by atoms with Crippen molar-refractivity contribution in [1.82, 2.24) is 4.90 Å². The number of carbonyl (C=O) groups excluding carboxylic acids is 2. The normalized spacial score (nSPS) is 13.4. The van der Waals surface area contributed by atoms with Gasteiger partial charge in [-0.3, -0.25) is 4.79 Å². The number of rotatable bonds is 7. The van der Waals surface area contributed by atoms with Gasteiger partial charge in [-0.15, -0.1) is 0 Å². The van der Waals surface area contributed by atoms with Gasteiger partial charge in [0.2, 0.25) is 0 Å². The van der Waals surface area contributed by atoms with E-state index in [1.54, 1.807) is 0 Å². The molecular formula is C21H21NO5. The Hall–Kier alpha value is -3.15. The molecule has 6 nitrogen and oxygen atoms in total. The zero-order valence-electron chi connectivity index (χ0n) is 15.0. The number of hydrogen-bond donors (Lipinski definition) is 1. The fraction of sp³-hybridized carbons (Fsp3) is 0.286. The highest BCUT2D eigenvalue weighted by Gasteiger charge is 2.30. The molecule has 2 aromatic rings. The van der Waals surface area contributed by atoms with Crippen LogP contribution < -0.4 is 0 Å². The van der Waals surface area contributed by atoms with Gasteiger partial charge in [0.15, 0.2) is 0 Å². The van der Waals surface area contributed by atoms with Crippen LogP contribution in [-0.4, -0.2) is 48.1 Å². The van der Waals surface area contributed by atoms with Crippen molar-refractivity contribution in [2.45, 2.75) is 24.8 Å². The summed E-state index contributed by atoms with van der Waals surface area (Å²) in [5.41, 5.74) is 4.48. The molecule has 1 atom stereocenters. The van der Waals surface area contributed by atoms with Gasteiger partial charge in [-0.1, -0.05) is 48.5 Å². The number of aldehydes is 1. The summed E-state index contributed by atoms with van der Waals surface area (Å²) in [4.78, 5) is 35.4. The van der Waals surface area contributed by atoms with Crippen LogP contribution in [0.2, 0.25) is 0 Å². The van der Waals surface area contributed by atoms with Crippen LogP contribution in [-0.2, 0) is 14.3 Å². The van der Waals surface area contributed by atoms with Crippen LogP contribution in [0.4, 0.5) is 4.79 Å². The number of likely N-dealkylation sites (N-methyl/N-ethyl adjacent to an activating group) is 1. The summed E-state index contributed by atoms with van der Waals surface area (Å²) in [6, 6.07) is 15.2. The molecule has 0 spiro atoms. The van der Waals surface area contributed by atoms with E-state index >= 15 is 0 Å². The smallest absolute Gasteiger partial charge is 0.410 e. The highest BCUT2D eigenvalue weighted by Crippen LogP contribution is 2.44. The van der Waals surface area contributed by atoms with Crippen molar-refractivity contribution < 1.29 is 24.2 Å². The maximum atomic E-state index is 12.4. The molecule has 0 bridgehead atoms. The molecule has 0 aliphatic heterocycles. The molecule has 0 aromatic heterocycles. The Balaban J connectivity index is 1.70. The maximum absolute atomic E-state index is 12.4. The van der Waals surface area contributed by atoms with E-state index in [2.05, 4.69) is 12.1 Å². The first-order valence-electron chi connectivity index (χ1n) is 8.77. The van der Waals surface area contributed by atoms with Gasteiger partial charge in [-0.25, -0.2) is 4.79 Å². The minimum absolute atomic E-state index is 0.0551. The van der Waals surface area contributed by atoms with Gasteiger partial charge in [-0.05, 0) is 28.7 Å². The summed E-state index contributed by atoms with van der Waals surface area (Å²) in [5.74, 6) is -1.08. The third-order valence-electron chi connectivity index (χ3n) is 4.93. The number of amides is 1. The second-order valence-corrected chi connectivity index (χ2v) is 6.55. The Morgan fingerprint density at radius 2 is 1.67 bits per heavy atom. The van der Waals surface area contributed by atoms with Gasteiger partial charge in [0.05, 0.1) is 6.04 Å². The quantitative estimate of drug-likeness (QED) is 0.759. The first-order chi connectivity index (χ1) is 13.0. The Morgan fingerprint density at radius 1 is 1.11 bits per heavy atom. The Kier molecular flexibility index (Phi) is 5.54. The molecule has 0 fully saturated rings. The minimum Gasteiger partial charge on any atom is -0.481 e. The van der Waals surface area contributed by atoms with Crippen LogP contribution in [0.1, 0.15) is 29.9 Å². The van der Waals surface area contributed by atoms with E-state index in [0.717, 1.165) is 27.2 Å². The number of carboxylic acid groups (broad SMARTS) is 1. The molecule has 1 amide bonds. The molecule has 1 aliphatic carbocycles. The van der Waals surface area contributed by atoms with Crippen LogP contribution >= 0.6 is 0 Å². The lowest BCUT2D eigenvalue weighted by Gasteiger charge is -2.24. The predicted molar refractivity (Wildman–Crippen MR) is 99.6 cm³/mol. The summed E-state index contributed by atoms with van der Waals surface area (Å²) in [6.45, 7) is 0.154.